The van der Waals surface area contributed by atoms with E-state index in [0.717, 1.165) is 34.6 Å². The van der Waals surface area contributed by atoms with E-state index in [1.165, 1.54) is 0 Å². The normalized spacial score (nSPS) is 47.2. The standard InChI is InChI=1S/C73H121N5O54/c1-17(87)74-33-22(92)6-73(72(112)113,132-59(33)38(94)23(93)7-79)115-16-32-42(98)49(105)53(109)68(124-32)127-57-29(13-85)122-66(37(47(57)103)78-21(5)91)131-62-51(107)41(97)26(10-82)119-71(62)129-60-43(99)31(123-69(54(60)110)128-58-30(14-86)120-64(35(45(58)101)76-19(3)89)125-55-27(11-83)116-63(111)34(44(55)100)75-18(2)88)15-114-70-61(50(106)40(96)25(9-81)118-70)130-65-36(77-20(4)90)46(102)56(28(12-84)121-65)126-67-52(108)48(104)39(95)24(8-80)117-67/h22-71,79-86,92-111H,6-16H2,1-5H3,(H,74,87)(H,75,88)(H,76,89)(H,77,90)(H,78,91)(H,112,113)/t22-,23+,24+,25+,26+,27+,28+,29+,30+,31+,32+,33+,34+,35+,36+,37+,38+,39-,40+,41+,42-,43+,44+,45+,46+,47+,48-,49-,50-,51-,52+,53+,54-,55+,56+,57+,58+,59+,60-,61-,62-,63+,64-,65-,66-,67-,68-,69-,70-,71+,73+/m0/s1. The Bertz CT molecular complexity index is 3680. The molecule has 59 heteroatoms. The summed E-state index contributed by atoms with van der Waals surface area (Å²) in [5, 5.41) is 336. The zero-order valence-electron chi connectivity index (χ0n) is 70.8. The van der Waals surface area contributed by atoms with Crippen molar-refractivity contribution in [3.05, 3.63) is 0 Å². The molecule has 762 valence electrons. The van der Waals surface area contributed by atoms with Crippen molar-refractivity contribution in [2.24, 2.45) is 0 Å². The highest BCUT2D eigenvalue weighted by Gasteiger charge is 2.63. The summed E-state index contributed by atoms with van der Waals surface area (Å²) in [5.74, 6) is -9.84. The molecule has 10 fully saturated rings. The molecule has 10 aliphatic heterocycles. The smallest absolute Gasteiger partial charge is 0.364 e. The number of ether oxygens (including phenoxy) is 19. The van der Waals surface area contributed by atoms with Gasteiger partial charge in [-0.25, -0.2) is 4.79 Å². The molecule has 5 amide bonds. The first kappa shape index (κ1) is 109. The minimum atomic E-state index is -3.11. The van der Waals surface area contributed by atoms with E-state index < -0.39 is 420 Å². The second-order valence-electron chi connectivity index (χ2n) is 33.2. The number of carbonyl (C=O) groups is 6. The summed E-state index contributed by atoms with van der Waals surface area (Å²) >= 11 is 0. The monoisotopic (exact) mass is 1930 g/mol. The fourth-order valence-corrected chi connectivity index (χ4v) is 16.9. The summed E-state index contributed by atoms with van der Waals surface area (Å²) in [4.78, 5) is 76.7. The molecule has 59 nitrogen and oxygen atoms in total. The predicted molar refractivity (Wildman–Crippen MR) is 405 cm³/mol. The molecule has 0 bridgehead atoms. The van der Waals surface area contributed by atoms with Crippen LogP contribution in [-0.4, -0.2) is 562 Å². The zero-order valence-corrected chi connectivity index (χ0v) is 70.8. The Morgan fingerprint density at radius 3 is 1.01 bits per heavy atom. The minimum Gasteiger partial charge on any atom is -0.477 e. The average Bonchev–Trinajstić information content (AvgIpc) is 0.759. The molecule has 0 unspecified atom stereocenters. The number of nitrogens with one attached hydrogen (secondary N) is 5. The number of amides is 5. The van der Waals surface area contributed by atoms with Crippen LogP contribution in [0, 0.1) is 0 Å². The lowest BCUT2D eigenvalue weighted by molar-refractivity contribution is -0.399. The number of rotatable bonds is 36. The number of carbonyl (C=O) groups excluding carboxylic acids is 5. The first-order valence-corrected chi connectivity index (χ1v) is 41.8. The first-order valence-electron chi connectivity index (χ1n) is 41.8. The van der Waals surface area contributed by atoms with Gasteiger partial charge in [0.25, 0.3) is 5.79 Å². The summed E-state index contributed by atoms with van der Waals surface area (Å²) in [7, 11) is 0. The molecule has 0 aromatic heterocycles. The van der Waals surface area contributed by atoms with Gasteiger partial charge in [-0.1, -0.05) is 0 Å². The van der Waals surface area contributed by atoms with E-state index in [2.05, 4.69) is 26.6 Å². The third kappa shape index (κ3) is 24.1. The topological polar surface area (TPSA) is 925 Å². The SMILES string of the molecule is CC(=O)N[C@@H]1[C@@H](O)[C@H](O[C@@H]2O[C@H](CO)[C@@H](O[C@@H]3O[C@H](CO[C@H]4O[C@H](CO)[C@@H](O)[C@H](O)[C@@H]4O[C@@H]4O[C@H](CO)[C@@H](O[C@@H]5O[C@H](CO)[C@H](O)[C@H](O)[C@H]5O)[C@H](O)[C@H]4NC(C)=O)[C@@H](O)[C@H](O[C@H]4O[C@H](CO)[C@@H](O)[C@H](O)[C@@H]4O[C@@H]4O[C@H](CO)[C@@H](O[C@@H]5O[C@H](CO[C@]6(C(=O)O)C[C@H](O)[C@@H](NC(C)=O)[C@H]([C@H](O)[C@H](O)CO)O6)[C@H](O)[C@H](O)[C@H]5O)[C@H](O)[C@H]4NC(C)=O)[C@@H]3O)[C@H](O)[C@H]2NC(C)=O)[C@@H](CO)O[C@H]1O. The highest BCUT2D eigenvalue weighted by Crippen LogP contribution is 2.42. The molecular formula is C73H121N5O54. The fraction of sp³-hybridized carbons (Fsp3) is 0.918. The van der Waals surface area contributed by atoms with Crippen LogP contribution in [0.3, 0.4) is 0 Å². The van der Waals surface area contributed by atoms with Crippen molar-refractivity contribution in [3.63, 3.8) is 0 Å². The van der Waals surface area contributed by atoms with Gasteiger partial charge in [-0.3, -0.25) is 24.0 Å². The van der Waals surface area contributed by atoms with Gasteiger partial charge in [0.05, 0.1) is 78.2 Å². The van der Waals surface area contributed by atoms with Crippen molar-refractivity contribution in [2.75, 3.05) is 66.1 Å². The van der Waals surface area contributed by atoms with Gasteiger partial charge >= 0.3 is 5.97 Å². The van der Waals surface area contributed by atoms with Gasteiger partial charge in [0.2, 0.25) is 29.5 Å². The molecule has 0 spiro atoms. The summed E-state index contributed by atoms with van der Waals surface area (Å²) in [6.45, 7) is -7.13. The maximum Gasteiger partial charge on any atom is 0.364 e. The third-order valence-corrected chi connectivity index (χ3v) is 23.8. The van der Waals surface area contributed by atoms with Crippen molar-refractivity contribution in [1.82, 2.24) is 26.6 Å². The molecule has 51 atom stereocenters. The van der Waals surface area contributed by atoms with Crippen molar-refractivity contribution in [1.29, 1.82) is 0 Å². The molecule has 0 radical (unpaired) electrons. The van der Waals surface area contributed by atoms with E-state index in [9.17, 15) is 177 Å². The van der Waals surface area contributed by atoms with Crippen molar-refractivity contribution in [3.8, 4) is 0 Å². The van der Waals surface area contributed by atoms with Crippen LogP contribution in [0.25, 0.3) is 0 Å². The molecule has 10 saturated heterocycles. The van der Waals surface area contributed by atoms with E-state index in [1.54, 1.807) is 0 Å². The Labute approximate surface area is 746 Å². The number of aliphatic carboxylic acids is 1. The fourth-order valence-electron chi connectivity index (χ4n) is 16.9. The number of aliphatic hydroxyl groups is 28. The number of aliphatic hydroxyl groups excluding tert-OH is 28. The summed E-state index contributed by atoms with van der Waals surface area (Å²) in [6.07, 6.45) is -99.3. The van der Waals surface area contributed by atoms with Crippen LogP contribution in [0.5, 0.6) is 0 Å². The minimum absolute atomic E-state index is 0.815. The highest BCUT2D eigenvalue weighted by molar-refractivity contribution is 5.77. The van der Waals surface area contributed by atoms with Crippen LogP contribution < -0.4 is 26.6 Å². The van der Waals surface area contributed by atoms with Crippen LogP contribution in [0.1, 0.15) is 41.0 Å². The van der Waals surface area contributed by atoms with Crippen molar-refractivity contribution in [2.45, 2.75) is 353 Å². The van der Waals surface area contributed by atoms with Gasteiger partial charge in [-0.15, -0.1) is 0 Å². The Balaban J connectivity index is 0.960. The molecule has 0 aromatic rings. The van der Waals surface area contributed by atoms with Crippen LogP contribution in [-0.2, 0) is 119 Å². The van der Waals surface area contributed by atoms with E-state index in [1.807, 2.05) is 0 Å². The molecule has 0 aliphatic carbocycles. The Kier molecular flexibility index (Phi) is 39.0. The van der Waals surface area contributed by atoms with Crippen LogP contribution in [0.4, 0.5) is 0 Å². The number of hydrogen-bond acceptors (Lipinski definition) is 53. The number of carboxylic acid groups (broad SMARTS) is 1. The summed E-state index contributed by atoms with van der Waals surface area (Å²) in [5.41, 5.74) is 0. The Morgan fingerprint density at radius 1 is 0.311 bits per heavy atom. The quantitative estimate of drug-likeness (QED) is 0.0277. The Hall–Kier alpha value is -5.06. The molecule has 0 aromatic carbocycles. The van der Waals surface area contributed by atoms with Crippen LogP contribution in [0.2, 0.25) is 0 Å². The molecule has 132 heavy (non-hydrogen) atoms. The molecular weight excluding hydrogens is 1810 g/mol. The maximum atomic E-state index is 13.2. The van der Waals surface area contributed by atoms with Crippen LogP contribution in [0.15, 0.2) is 0 Å². The van der Waals surface area contributed by atoms with Gasteiger partial charge in [-0.2, -0.15) is 0 Å². The number of hydrogen-bond donors (Lipinski definition) is 34. The van der Waals surface area contributed by atoms with Gasteiger partial charge in [-0.05, 0) is 0 Å². The van der Waals surface area contributed by atoms with E-state index in [0.29, 0.717) is 0 Å². The number of carboxylic acids is 1. The van der Waals surface area contributed by atoms with Gasteiger partial charge in [0.15, 0.2) is 56.6 Å². The van der Waals surface area contributed by atoms with Gasteiger partial charge in [0, 0.05) is 41.0 Å². The first-order chi connectivity index (χ1) is 62.3. The molecule has 10 heterocycles. The van der Waals surface area contributed by atoms with Gasteiger partial charge in [0.1, 0.15) is 238 Å². The lowest BCUT2D eigenvalue weighted by Gasteiger charge is -2.51. The van der Waals surface area contributed by atoms with E-state index in [4.69, 9.17) is 90.0 Å². The second kappa shape index (κ2) is 47.3. The third-order valence-electron chi connectivity index (χ3n) is 23.8. The van der Waals surface area contributed by atoms with Crippen LogP contribution >= 0.6 is 0 Å². The molecule has 34 N–H and O–H groups in total. The molecule has 0 saturated carbocycles. The summed E-state index contributed by atoms with van der Waals surface area (Å²) < 4.78 is 113. The maximum absolute atomic E-state index is 13.2. The zero-order chi connectivity index (χ0) is 97.6. The van der Waals surface area contributed by atoms with Crippen molar-refractivity contribution >= 4 is 35.5 Å². The second-order valence-corrected chi connectivity index (χ2v) is 33.2. The predicted octanol–water partition coefficient (Wildman–Crippen LogP) is -22.9. The van der Waals surface area contributed by atoms with Crippen molar-refractivity contribution < 1.29 is 267 Å². The van der Waals surface area contributed by atoms with E-state index in [-0.39, 0.29) is 0 Å². The molecule has 10 rings (SSSR count). The summed E-state index contributed by atoms with van der Waals surface area (Å²) in [6, 6.07) is -9.43. The highest BCUT2D eigenvalue weighted by atomic mass is 16.8. The average molecular weight is 1930 g/mol. The van der Waals surface area contributed by atoms with E-state index >= 15 is 0 Å². The largest absolute Gasteiger partial charge is 0.477 e. The Morgan fingerprint density at radius 2 is 0.614 bits per heavy atom. The van der Waals surface area contributed by atoms with Gasteiger partial charge < -0.3 is 265 Å². The lowest BCUT2D eigenvalue weighted by atomic mass is 9.88. The lowest BCUT2D eigenvalue weighted by Crippen LogP contribution is -2.71. The molecule has 10 aliphatic rings.